The topological polar surface area (TPSA) is 24.5 Å². The lowest BCUT2D eigenvalue weighted by Crippen LogP contribution is -2.30. The Kier molecular flexibility index (Phi) is 9.35. The lowest BCUT2D eigenvalue weighted by Gasteiger charge is -2.17. The first-order valence-corrected chi connectivity index (χ1v) is 5.61. The minimum atomic E-state index is 0.652. The van der Waals surface area contributed by atoms with E-state index in [1.807, 2.05) is 0 Å². The van der Waals surface area contributed by atoms with E-state index in [4.69, 9.17) is 4.74 Å². The molecule has 86 valence electrons. The standard InChI is InChI=1S/C11H26N2O/c1-5-11(2)12-7-6-8-13(3)9-10-14-4/h11-12H,5-10H2,1-4H3. The molecule has 14 heavy (non-hydrogen) atoms. The van der Waals surface area contributed by atoms with Crippen molar-refractivity contribution in [2.75, 3.05) is 40.4 Å². The Bertz CT molecular complexity index is 120. The summed E-state index contributed by atoms with van der Waals surface area (Å²) in [5.41, 5.74) is 0. The fraction of sp³-hybridized carbons (Fsp3) is 1.00. The van der Waals surface area contributed by atoms with Gasteiger partial charge in [-0.2, -0.15) is 0 Å². The van der Waals surface area contributed by atoms with Gasteiger partial charge in [-0.1, -0.05) is 6.92 Å². The molecule has 0 saturated carbocycles. The summed E-state index contributed by atoms with van der Waals surface area (Å²) < 4.78 is 5.02. The van der Waals surface area contributed by atoms with Gasteiger partial charge in [0.1, 0.15) is 0 Å². The van der Waals surface area contributed by atoms with E-state index in [1.165, 1.54) is 12.8 Å². The van der Waals surface area contributed by atoms with Crippen LogP contribution in [-0.4, -0.2) is 51.3 Å². The van der Waals surface area contributed by atoms with Gasteiger partial charge >= 0.3 is 0 Å². The maximum atomic E-state index is 5.02. The molecule has 1 N–H and O–H groups in total. The quantitative estimate of drug-likeness (QED) is 0.571. The van der Waals surface area contributed by atoms with E-state index in [2.05, 4.69) is 31.1 Å². The lowest BCUT2D eigenvalue weighted by molar-refractivity contribution is 0.160. The van der Waals surface area contributed by atoms with Crippen LogP contribution in [0.3, 0.4) is 0 Å². The zero-order valence-electron chi connectivity index (χ0n) is 10.2. The highest BCUT2D eigenvalue weighted by molar-refractivity contribution is 4.59. The fourth-order valence-electron chi connectivity index (χ4n) is 1.20. The molecule has 0 aromatic rings. The van der Waals surface area contributed by atoms with Gasteiger partial charge in [0.2, 0.25) is 0 Å². The van der Waals surface area contributed by atoms with Crippen molar-refractivity contribution >= 4 is 0 Å². The minimum Gasteiger partial charge on any atom is -0.383 e. The average Bonchev–Trinajstić information content (AvgIpc) is 2.21. The highest BCUT2D eigenvalue weighted by Crippen LogP contribution is 1.90. The number of likely N-dealkylation sites (N-methyl/N-ethyl adjacent to an activating group) is 1. The van der Waals surface area contributed by atoms with Crippen molar-refractivity contribution in [2.45, 2.75) is 32.7 Å². The number of nitrogens with zero attached hydrogens (tertiary/aromatic N) is 1. The van der Waals surface area contributed by atoms with Crippen LogP contribution in [0.5, 0.6) is 0 Å². The highest BCUT2D eigenvalue weighted by Gasteiger charge is 1.99. The molecular formula is C11H26N2O. The molecule has 0 saturated heterocycles. The third kappa shape index (κ3) is 8.48. The fourth-order valence-corrected chi connectivity index (χ4v) is 1.20. The molecule has 3 nitrogen and oxygen atoms in total. The van der Waals surface area contributed by atoms with Gasteiger partial charge in [0.05, 0.1) is 6.61 Å². The Balaban J connectivity index is 3.18. The van der Waals surface area contributed by atoms with E-state index < -0.39 is 0 Å². The van der Waals surface area contributed by atoms with Crippen LogP contribution in [0.4, 0.5) is 0 Å². The zero-order valence-corrected chi connectivity index (χ0v) is 10.2. The van der Waals surface area contributed by atoms with Gasteiger partial charge in [-0.05, 0) is 39.9 Å². The van der Waals surface area contributed by atoms with E-state index in [-0.39, 0.29) is 0 Å². The van der Waals surface area contributed by atoms with Crippen LogP contribution in [0.1, 0.15) is 26.7 Å². The lowest BCUT2D eigenvalue weighted by atomic mass is 10.2. The van der Waals surface area contributed by atoms with E-state index in [1.54, 1.807) is 7.11 Å². The molecule has 0 rings (SSSR count). The molecule has 1 unspecified atom stereocenters. The predicted octanol–water partition coefficient (Wildman–Crippen LogP) is 1.34. The Morgan fingerprint density at radius 1 is 1.36 bits per heavy atom. The van der Waals surface area contributed by atoms with Crippen LogP contribution in [0.2, 0.25) is 0 Å². The SMILES string of the molecule is CCC(C)NCCCN(C)CCOC. The number of hydrogen-bond acceptors (Lipinski definition) is 3. The van der Waals surface area contributed by atoms with Crippen molar-refractivity contribution in [3.63, 3.8) is 0 Å². The number of nitrogens with one attached hydrogen (secondary N) is 1. The molecule has 0 fully saturated rings. The first-order chi connectivity index (χ1) is 6.70. The second kappa shape index (κ2) is 9.44. The molecule has 0 heterocycles. The monoisotopic (exact) mass is 202 g/mol. The molecule has 0 aliphatic carbocycles. The number of methoxy groups -OCH3 is 1. The normalized spacial score (nSPS) is 13.5. The second-order valence-electron chi connectivity index (χ2n) is 3.91. The van der Waals surface area contributed by atoms with Crippen molar-refractivity contribution in [1.82, 2.24) is 10.2 Å². The van der Waals surface area contributed by atoms with Gasteiger partial charge in [0.15, 0.2) is 0 Å². The van der Waals surface area contributed by atoms with Gasteiger partial charge in [0.25, 0.3) is 0 Å². The Labute approximate surface area is 88.8 Å². The molecule has 0 aromatic carbocycles. The summed E-state index contributed by atoms with van der Waals surface area (Å²) in [5, 5.41) is 3.49. The van der Waals surface area contributed by atoms with Crippen molar-refractivity contribution in [3.8, 4) is 0 Å². The molecule has 3 heteroatoms. The maximum Gasteiger partial charge on any atom is 0.0589 e. The molecule has 0 aromatic heterocycles. The zero-order chi connectivity index (χ0) is 10.8. The largest absolute Gasteiger partial charge is 0.383 e. The number of rotatable bonds is 9. The van der Waals surface area contributed by atoms with Crippen LogP contribution in [-0.2, 0) is 4.74 Å². The summed E-state index contributed by atoms with van der Waals surface area (Å²) >= 11 is 0. The number of hydrogen-bond donors (Lipinski definition) is 1. The number of ether oxygens (including phenoxy) is 1. The Morgan fingerprint density at radius 2 is 2.07 bits per heavy atom. The van der Waals surface area contributed by atoms with Gasteiger partial charge < -0.3 is 15.0 Å². The van der Waals surface area contributed by atoms with Crippen LogP contribution < -0.4 is 5.32 Å². The summed E-state index contributed by atoms with van der Waals surface area (Å²) in [7, 11) is 3.89. The van der Waals surface area contributed by atoms with E-state index >= 15 is 0 Å². The molecular weight excluding hydrogens is 176 g/mol. The van der Waals surface area contributed by atoms with Crippen molar-refractivity contribution in [3.05, 3.63) is 0 Å². The summed E-state index contributed by atoms with van der Waals surface area (Å²) in [6.07, 6.45) is 2.42. The van der Waals surface area contributed by atoms with Gasteiger partial charge in [-0.25, -0.2) is 0 Å². The van der Waals surface area contributed by atoms with Gasteiger partial charge in [0, 0.05) is 19.7 Å². The molecule has 1 atom stereocenters. The minimum absolute atomic E-state index is 0.652. The molecule has 0 aliphatic rings. The van der Waals surface area contributed by atoms with E-state index in [0.717, 1.165) is 26.2 Å². The smallest absolute Gasteiger partial charge is 0.0589 e. The van der Waals surface area contributed by atoms with Crippen molar-refractivity contribution in [1.29, 1.82) is 0 Å². The average molecular weight is 202 g/mol. The van der Waals surface area contributed by atoms with Crippen LogP contribution in [0.25, 0.3) is 0 Å². The van der Waals surface area contributed by atoms with Crippen molar-refractivity contribution < 1.29 is 4.74 Å². The summed E-state index contributed by atoms with van der Waals surface area (Å²) in [4.78, 5) is 2.31. The predicted molar refractivity (Wildman–Crippen MR) is 61.7 cm³/mol. The Morgan fingerprint density at radius 3 is 2.64 bits per heavy atom. The van der Waals surface area contributed by atoms with Gasteiger partial charge in [-0.15, -0.1) is 0 Å². The summed E-state index contributed by atoms with van der Waals surface area (Å²) in [5.74, 6) is 0. The molecule has 0 amide bonds. The van der Waals surface area contributed by atoms with Gasteiger partial charge in [-0.3, -0.25) is 0 Å². The first-order valence-electron chi connectivity index (χ1n) is 5.61. The Hall–Kier alpha value is -0.120. The maximum absolute atomic E-state index is 5.02. The van der Waals surface area contributed by atoms with E-state index in [0.29, 0.717) is 6.04 Å². The summed E-state index contributed by atoms with van der Waals surface area (Å²) in [6.45, 7) is 8.56. The van der Waals surface area contributed by atoms with Crippen LogP contribution in [0.15, 0.2) is 0 Å². The van der Waals surface area contributed by atoms with E-state index in [9.17, 15) is 0 Å². The third-order valence-corrected chi connectivity index (χ3v) is 2.50. The van der Waals surface area contributed by atoms with Crippen LogP contribution in [0, 0.1) is 0 Å². The first kappa shape index (κ1) is 13.9. The second-order valence-corrected chi connectivity index (χ2v) is 3.91. The molecule has 0 aliphatic heterocycles. The summed E-state index contributed by atoms with van der Waals surface area (Å²) in [6, 6.07) is 0.652. The van der Waals surface area contributed by atoms with Crippen molar-refractivity contribution in [2.24, 2.45) is 0 Å². The highest BCUT2D eigenvalue weighted by atomic mass is 16.5. The molecule has 0 spiro atoms. The van der Waals surface area contributed by atoms with Crippen LogP contribution >= 0.6 is 0 Å². The third-order valence-electron chi connectivity index (χ3n) is 2.50. The molecule has 0 radical (unpaired) electrons. The molecule has 0 bridgehead atoms.